The lowest BCUT2D eigenvalue weighted by Gasteiger charge is -2.06. The van der Waals surface area contributed by atoms with Crippen molar-refractivity contribution < 1.29 is 13.2 Å². The van der Waals surface area contributed by atoms with Gasteiger partial charge in [0.15, 0.2) is 0 Å². The minimum Gasteiger partial charge on any atom is -0.378 e. The highest BCUT2D eigenvalue weighted by atomic mass is 32.2. The number of benzene rings is 1. The van der Waals surface area contributed by atoms with Crippen LogP contribution in [0, 0.1) is 6.92 Å². The van der Waals surface area contributed by atoms with Gasteiger partial charge in [-0.05, 0) is 12.5 Å². The van der Waals surface area contributed by atoms with Crippen LogP contribution in [0.2, 0.25) is 0 Å². The molecule has 0 spiro atoms. The maximum atomic E-state index is 12.0. The Labute approximate surface area is 135 Å². The molecule has 0 radical (unpaired) electrons. The lowest BCUT2D eigenvalue weighted by atomic mass is 10.2. The Kier molecular flexibility index (Phi) is 6.07. The highest BCUT2D eigenvalue weighted by Gasteiger charge is 2.11. The molecule has 0 saturated heterocycles. The van der Waals surface area contributed by atoms with Gasteiger partial charge in [0.2, 0.25) is 10.0 Å². The van der Waals surface area contributed by atoms with E-state index in [4.69, 9.17) is 4.74 Å². The fourth-order valence-corrected chi connectivity index (χ4v) is 3.89. The lowest BCUT2D eigenvalue weighted by molar-refractivity contribution is 0.184. The fourth-order valence-electron chi connectivity index (χ4n) is 1.94. The number of thiazole rings is 1. The molecule has 1 aromatic heterocycles. The number of sulfonamides is 1. The molecule has 0 aliphatic rings. The minimum atomic E-state index is -3.32. The van der Waals surface area contributed by atoms with Crippen LogP contribution in [0.15, 0.2) is 29.6 Å². The summed E-state index contributed by atoms with van der Waals surface area (Å²) in [6.07, 6.45) is 0.577. The van der Waals surface area contributed by atoms with Crippen LogP contribution in [0.3, 0.4) is 0 Å². The van der Waals surface area contributed by atoms with Gasteiger partial charge in [0.25, 0.3) is 0 Å². The van der Waals surface area contributed by atoms with Gasteiger partial charge < -0.3 is 4.74 Å². The Morgan fingerprint density at radius 2 is 2.00 bits per heavy atom. The Morgan fingerprint density at radius 3 is 2.68 bits per heavy atom. The van der Waals surface area contributed by atoms with E-state index >= 15 is 0 Å². The Morgan fingerprint density at radius 1 is 1.27 bits per heavy atom. The SMILES string of the molecule is COCc1nc(CCNS(=O)(=O)Cc2ccc(C)cc2)cs1. The van der Waals surface area contributed by atoms with Gasteiger partial charge in [-0.2, -0.15) is 0 Å². The van der Waals surface area contributed by atoms with Crippen molar-refractivity contribution >= 4 is 21.4 Å². The number of rotatable bonds is 8. The molecule has 0 aliphatic heterocycles. The summed E-state index contributed by atoms with van der Waals surface area (Å²) in [5.74, 6) is -0.000724. The van der Waals surface area contributed by atoms with Crippen molar-refractivity contribution in [1.29, 1.82) is 0 Å². The molecule has 2 rings (SSSR count). The number of methoxy groups -OCH3 is 1. The third-order valence-corrected chi connectivity index (χ3v) is 5.28. The molecule has 0 unspecified atom stereocenters. The van der Waals surface area contributed by atoms with E-state index in [0.29, 0.717) is 19.6 Å². The van der Waals surface area contributed by atoms with Crippen molar-refractivity contribution in [2.24, 2.45) is 0 Å². The van der Waals surface area contributed by atoms with Crippen LogP contribution in [0.4, 0.5) is 0 Å². The highest BCUT2D eigenvalue weighted by molar-refractivity contribution is 7.88. The fraction of sp³-hybridized carbons (Fsp3) is 0.400. The average molecular weight is 340 g/mol. The summed E-state index contributed by atoms with van der Waals surface area (Å²) < 4.78 is 31.7. The number of ether oxygens (including phenoxy) is 1. The predicted molar refractivity (Wildman–Crippen MR) is 88.3 cm³/mol. The first-order valence-electron chi connectivity index (χ1n) is 6.93. The molecule has 1 aromatic carbocycles. The molecule has 1 heterocycles. The van der Waals surface area contributed by atoms with Gasteiger partial charge in [-0.3, -0.25) is 0 Å². The number of aromatic nitrogens is 1. The summed E-state index contributed by atoms with van der Waals surface area (Å²) in [7, 11) is -1.69. The first-order chi connectivity index (χ1) is 10.5. The topological polar surface area (TPSA) is 68.3 Å². The molecule has 0 amide bonds. The summed E-state index contributed by atoms with van der Waals surface area (Å²) in [6.45, 7) is 2.82. The largest absolute Gasteiger partial charge is 0.378 e. The second-order valence-electron chi connectivity index (χ2n) is 5.05. The molecular weight excluding hydrogens is 320 g/mol. The van der Waals surface area contributed by atoms with Crippen molar-refractivity contribution in [2.75, 3.05) is 13.7 Å². The van der Waals surface area contributed by atoms with E-state index in [2.05, 4.69) is 9.71 Å². The Hall–Kier alpha value is -1.28. The predicted octanol–water partition coefficient (Wildman–Crippen LogP) is 2.26. The van der Waals surface area contributed by atoms with Gasteiger partial charge in [0, 0.05) is 25.5 Å². The van der Waals surface area contributed by atoms with Crippen LogP contribution in [-0.2, 0) is 33.5 Å². The van der Waals surface area contributed by atoms with E-state index in [1.165, 1.54) is 11.3 Å². The molecule has 7 heteroatoms. The molecule has 5 nitrogen and oxygen atoms in total. The number of aryl methyl sites for hydroxylation is 1. The quantitative estimate of drug-likeness (QED) is 0.800. The molecule has 22 heavy (non-hydrogen) atoms. The van der Waals surface area contributed by atoms with E-state index in [1.807, 2.05) is 36.6 Å². The number of nitrogens with one attached hydrogen (secondary N) is 1. The van der Waals surface area contributed by atoms with Gasteiger partial charge in [-0.15, -0.1) is 11.3 Å². The highest BCUT2D eigenvalue weighted by Crippen LogP contribution is 2.11. The molecular formula is C15H20N2O3S2. The molecule has 0 fully saturated rings. The van der Waals surface area contributed by atoms with Crippen LogP contribution >= 0.6 is 11.3 Å². The second-order valence-corrected chi connectivity index (χ2v) is 7.80. The third kappa shape index (κ3) is 5.49. The smallest absolute Gasteiger partial charge is 0.215 e. The van der Waals surface area contributed by atoms with Gasteiger partial charge in [0.05, 0.1) is 18.1 Å². The maximum absolute atomic E-state index is 12.0. The molecule has 0 saturated carbocycles. The van der Waals surface area contributed by atoms with Crippen LogP contribution in [0.5, 0.6) is 0 Å². The van der Waals surface area contributed by atoms with Crippen LogP contribution in [0.1, 0.15) is 21.8 Å². The first kappa shape index (κ1) is 17.1. The first-order valence-corrected chi connectivity index (χ1v) is 9.47. The Balaban J connectivity index is 1.82. The molecule has 0 atom stereocenters. The lowest BCUT2D eigenvalue weighted by Crippen LogP contribution is -2.27. The summed E-state index contributed by atoms with van der Waals surface area (Å²) in [6, 6.07) is 7.51. The van der Waals surface area contributed by atoms with Crippen molar-refractivity contribution in [3.63, 3.8) is 0 Å². The van der Waals surface area contributed by atoms with Gasteiger partial charge in [0.1, 0.15) is 5.01 Å². The van der Waals surface area contributed by atoms with Gasteiger partial charge in [-0.1, -0.05) is 29.8 Å². The van der Waals surface area contributed by atoms with Crippen LogP contribution in [0.25, 0.3) is 0 Å². The monoisotopic (exact) mass is 340 g/mol. The minimum absolute atomic E-state index is 0.000724. The zero-order valence-corrected chi connectivity index (χ0v) is 14.3. The standard InChI is InChI=1S/C15H20N2O3S2/c1-12-3-5-13(6-4-12)11-22(18,19)16-8-7-14-10-21-15(17-14)9-20-2/h3-6,10,16H,7-9,11H2,1-2H3. The summed E-state index contributed by atoms with van der Waals surface area (Å²) in [4.78, 5) is 4.37. The van der Waals surface area contributed by atoms with Crippen molar-refractivity contribution in [2.45, 2.75) is 25.7 Å². The zero-order chi connectivity index (χ0) is 16.0. The van der Waals surface area contributed by atoms with Crippen molar-refractivity contribution in [1.82, 2.24) is 9.71 Å². The normalized spacial score (nSPS) is 11.7. The van der Waals surface area contributed by atoms with E-state index in [1.54, 1.807) is 7.11 Å². The number of nitrogens with zero attached hydrogens (tertiary/aromatic N) is 1. The zero-order valence-electron chi connectivity index (χ0n) is 12.7. The Bertz CT molecular complexity index is 694. The van der Waals surface area contributed by atoms with E-state index in [-0.39, 0.29) is 5.75 Å². The average Bonchev–Trinajstić information content (AvgIpc) is 2.89. The second kappa shape index (κ2) is 7.82. The summed E-state index contributed by atoms with van der Waals surface area (Å²) >= 11 is 1.52. The van der Waals surface area contributed by atoms with E-state index in [9.17, 15) is 8.42 Å². The third-order valence-electron chi connectivity index (χ3n) is 3.05. The number of hydrogen-bond acceptors (Lipinski definition) is 5. The van der Waals surface area contributed by atoms with Crippen LogP contribution in [-0.4, -0.2) is 27.1 Å². The number of hydrogen-bond donors (Lipinski definition) is 1. The maximum Gasteiger partial charge on any atom is 0.215 e. The van der Waals surface area contributed by atoms with Gasteiger partial charge in [-0.25, -0.2) is 18.1 Å². The molecule has 0 aliphatic carbocycles. The van der Waals surface area contributed by atoms with Gasteiger partial charge >= 0.3 is 0 Å². The molecule has 120 valence electrons. The van der Waals surface area contributed by atoms with Crippen LogP contribution < -0.4 is 4.72 Å². The molecule has 2 aromatic rings. The summed E-state index contributed by atoms with van der Waals surface area (Å²) in [5, 5.41) is 2.84. The van der Waals surface area contributed by atoms with Crippen molar-refractivity contribution in [3.05, 3.63) is 51.5 Å². The van der Waals surface area contributed by atoms with E-state index in [0.717, 1.165) is 21.8 Å². The van der Waals surface area contributed by atoms with Crippen molar-refractivity contribution in [3.8, 4) is 0 Å². The summed E-state index contributed by atoms with van der Waals surface area (Å²) in [5.41, 5.74) is 2.79. The van der Waals surface area contributed by atoms with E-state index < -0.39 is 10.0 Å². The molecule has 1 N–H and O–H groups in total. The molecule has 0 bridgehead atoms.